The number of nitrogens with one attached hydrogen (secondary N) is 3. The van der Waals surface area contributed by atoms with Crippen molar-refractivity contribution < 1.29 is 9.59 Å². The van der Waals surface area contributed by atoms with Gasteiger partial charge in [0.25, 0.3) is 5.91 Å². The molecule has 0 aliphatic heterocycles. The van der Waals surface area contributed by atoms with Crippen LogP contribution in [-0.4, -0.2) is 28.3 Å². The van der Waals surface area contributed by atoms with Gasteiger partial charge in [-0.2, -0.15) is 0 Å². The van der Waals surface area contributed by atoms with Crippen molar-refractivity contribution in [2.45, 2.75) is 52.9 Å². The summed E-state index contributed by atoms with van der Waals surface area (Å²) in [6, 6.07) is 5.79. The summed E-state index contributed by atoms with van der Waals surface area (Å²) < 4.78 is 0. The zero-order chi connectivity index (χ0) is 23.4. The van der Waals surface area contributed by atoms with Gasteiger partial charge < -0.3 is 15.6 Å². The predicted molar refractivity (Wildman–Crippen MR) is 134 cm³/mol. The van der Waals surface area contributed by atoms with Crippen LogP contribution < -0.4 is 10.6 Å². The van der Waals surface area contributed by atoms with Gasteiger partial charge in [-0.05, 0) is 55.4 Å². The lowest BCUT2D eigenvalue weighted by Gasteiger charge is -2.27. The molecule has 2 aliphatic carbocycles. The molecule has 0 bridgehead atoms. The number of aromatic nitrogens is 2. The third kappa shape index (κ3) is 5.62. The van der Waals surface area contributed by atoms with Crippen LogP contribution in [0.25, 0.3) is 16.6 Å². The number of nitrogens with zero attached hydrogens (tertiary/aromatic N) is 1. The molecule has 1 saturated carbocycles. The number of rotatable bonds is 6. The number of H-pyrrole nitrogens is 1. The highest BCUT2D eigenvalue weighted by molar-refractivity contribution is 5.97. The second-order valence-electron chi connectivity index (χ2n) is 9.67. The van der Waals surface area contributed by atoms with Crippen molar-refractivity contribution in [2.24, 2.45) is 17.8 Å². The minimum Gasteiger partial charge on any atom is -0.352 e. The zero-order valence-electron chi connectivity index (χ0n) is 19.8. The van der Waals surface area contributed by atoms with Crippen LogP contribution >= 0.6 is 0 Å². The average molecular weight is 447 g/mol. The van der Waals surface area contributed by atoms with Crippen molar-refractivity contribution in [3.8, 4) is 0 Å². The van der Waals surface area contributed by atoms with E-state index < -0.39 is 0 Å². The molecule has 1 heterocycles. The number of carbonyl (C=O) groups excluding carboxylic acids is 2. The van der Waals surface area contributed by atoms with Gasteiger partial charge >= 0.3 is 0 Å². The Hall–Kier alpha value is -3.15. The van der Waals surface area contributed by atoms with Crippen molar-refractivity contribution in [3.63, 3.8) is 0 Å². The largest absolute Gasteiger partial charge is 0.352 e. The van der Waals surface area contributed by atoms with Gasteiger partial charge in [0.15, 0.2) is 0 Å². The van der Waals surface area contributed by atoms with E-state index in [9.17, 15) is 9.59 Å². The second-order valence-corrected chi connectivity index (χ2v) is 9.67. The van der Waals surface area contributed by atoms with Gasteiger partial charge in [-0.3, -0.25) is 9.59 Å². The number of hydrogen-bond acceptors (Lipinski definition) is 3. The van der Waals surface area contributed by atoms with Crippen molar-refractivity contribution in [3.05, 3.63) is 53.9 Å². The Labute approximate surface area is 195 Å². The number of fused-ring (bicyclic) bond motifs is 1. The number of amides is 2. The van der Waals surface area contributed by atoms with E-state index in [-0.39, 0.29) is 17.7 Å². The molecule has 174 valence electrons. The lowest BCUT2D eigenvalue weighted by atomic mass is 9.80. The molecule has 1 fully saturated rings. The fourth-order valence-electron chi connectivity index (χ4n) is 4.54. The molecule has 6 nitrogen and oxygen atoms in total. The summed E-state index contributed by atoms with van der Waals surface area (Å²) in [5.41, 5.74) is 4.11. The fraction of sp³-hybridized carbons (Fsp3) is 0.444. The van der Waals surface area contributed by atoms with E-state index in [1.807, 2.05) is 36.4 Å². The number of allylic oxidation sites excluding steroid dienone is 4. The maximum atomic E-state index is 12.8. The minimum atomic E-state index is -0.0492. The summed E-state index contributed by atoms with van der Waals surface area (Å²) >= 11 is 0. The Morgan fingerprint density at radius 3 is 2.76 bits per heavy atom. The molecule has 2 amide bonds. The Morgan fingerprint density at radius 1 is 1.15 bits per heavy atom. The van der Waals surface area contributed by atoms with Gasteiger partial charge in [0.1, 0.15) is 5.82 Å². The van der Waals surface area contributed by atoms with E-state index in [1.165, 1.54) is 6.42 Å². The number of carbonyl (C=O) groups is 2. The number of aromatic amines is 1. The molecule has 2 aliphatic rings. The van der Waals surface area contributed by atoms with Crippen LogP contribution in [0, 0.1) is 17.8 Å². The van der Waals surface area contributed by atoms with E-state index >= 15 is 0 Å². The summed E-state index contributed by atoms with van der Waals surface area (Å²) in [6.07, 6.45) is 12.9. The molecule has 0 saturated heterocycles. The zero-order valence-corrected chi connectivity index (χ0v) is 19.8. The van der Waals surface area contributed by atoms with Crippen LogP contribution in [0.3, 0.4) is 0 Å². The highest BCUT2D eigenvalue weighted by Gasteiger charge is 2.27. The first-order valence-corrected chi connectivity index (χ1v) is 12.1. The molecule has 6 heteroatoms. The molecule has 3 N–H and O–H groups in total. The Balaban J connectivity index is 1.45. The topological polar surface area (TPSA) is 86.9 Å². The Bertz CT molecular complexity index is 1120. The average Bonchev–Trinajstić information content (AvgIpc) is 3.05. The lowest BCUT2D eigenvalue weighted by Crippen LogP contribution is -2.30. The maximum absolute atomic E-state index is 12.8. The standard InChI is InChI=1S/C27H34N4O2/c1-17(2)16-28-26(32)20-9-6-8-19(11-12-20)25-30-23-14-13-21(15-24(23)31-25)29-27(33)22-10-5-4-7-18(22)3/h8-9,11-15,17-18,22H,4-7,10,16H2,1-3H3,(H,28,32)(H,29,33)(H,30,31). The number of hydrogen-bond donors (Lipinski definition) is 3. The molecule has 2 atom stereocenters. The first kappa shape index (κ1) is 23.0. The number of anilines is 1. The highest BCUT2D eigenvalue weighted by atomic mass is 16.2. The van der Waals surface area contributed by atoms with Crippen LogP contribution in [0.15, 0.2) is 48.1 Å². The summed E-state index contributed by atoms with van der Waals surface area (Å²) in [4.78, 5) is 33.3. The van der Waals surface area contributed by atoms with Gasteiger partial charge in [-0.1, -0.05) is 51.8 Å². The van der Waals surface area contributed by atoms with E-state index in [4.69, 9.17) is 4.98 Å². The number of imidazole rings is 1. The predicted octanol–water partition coefficient (Wildman–Crippen LogP) is 5.37. The van der Waals surface area contributed by atoms with Crippen molar-refractivity contribution >= 4 is 34.1 Å². The van der Waals surface area contributed by atoms with Gasteiger partial charge in [0.2, 0.25) is 5.91 Å². The SMILES string of the molecule is CC(C)CNC(=O)C1=CCC=C(c2nc3ccc(NC(=O)C4CCCCC4C)cc3[nH]2)C=C1. The Morgan fingerprint density at radius 2 is 1.97 bits per heavy atom. The van der Waals surface area contributed by atoms with Crippen molar-refractivity contribution in [1.82, 2.24) is 15.3 Å². The molecule has 2 unspecified atom stereocenters. The minimum absolute atomic E-state index is 0.0492. The second kappa shape index (κ2) is 10.2. The summed E-state index contributed by atoms with van der Waals surface area (Å²) in [6.45, 7) is 6.99. The summed E-state index contributed by atoms with van der Waals surface area (Å²) in [7, 11) is 0. The quantitative estimate of drug-likeness (QED) is 0.557. The third-order valence-electron chi connectivity index (χ3n) is 6.52. The first-order valence-electron chi connectivity index (χ1n) is 12.1. The molecule has 1 aromatic carbocycles. The molecular formula is C27H34N4O2. The van der Waals surface area contributed by atoms with E-state index in [0.717, 1.165) is 47.4 Å². The monoisotopic (exact) mass is 446 g/mol. The van der Waals surface area contributed by atoms with Gasteiger partial charge in [-0.25, -0.2) is 4.98 Å². The maximum Gasteiger partial charge on any atom is 0.250 e. The lowest BCUT2D eigenvalue weighted by molar-refractivity contribution is -0.122. The van der Waals surface area contributed by atoms with Crippen molar-refractivity contribution in [1.29, 1.82) is 0 Å². The third-order valence-corrected chi connectivity index (χ3v) is 6.52. The van der Waals surface area contributed by atoms with Crippen LogP contribution in [-0.2, 0) is 9.59 Å². The number of benzene rings is 1. The van der Waals surface area contributed by atoms with Gasteiger partial charge in [0.05, 0.1) is 11.0 Å². The van der Waals surface area contributed by atoms with Crippen LogP contribution in [0.4, 0.5) is 5.69 Å². The molecule has 4 rings (SSSR count). The Kier molecular flexibility index (Phi) is 7.11. The molecule has 1 aromatic heterocycles. The smallest absolute Gasteiger partial charge is 0.250 e. The van der Waals surface area contributed by atoms with E-state index in [2.05, 4.69) is 42.5 Å². The summed E-state index contributed by atoms with van der Waals surface area (Å²) in [5.74, 6) is 1.75. The van der Waals surface area contributed by atoms with E-state index in [0.29, 0.717) is 30.4 Å². The molecule has 33 heavy (non-hydrogen) atoms. The van der Waals surface area contributed by atoms with Crippen molar-refractivity contribution in [2.75, 3.05) is 11.9 Å². The molecule has 0 spiro atoms. The molecular weight excluding hydrogens is 412 g/mol. The van der Waals surface area contributed by atoms with Crippen LogP contribution in [0.2, 0.25) is 0 Å². The normalized spacial score (nSPS) is 20.8. The fourth-order valence-corrected chi connectivity index (χ4v) is 4.54. The van der Waals surface area contributed by atoms with Crippen LogP contribution in [0.1, 0.15) is 58.7 Å². The first-order chi connectivity index (χ1) is 15.9. The van der Waals surface area contributed by atoms with Gasteiger partial charge in [0, 0.05) is 29.3 Å². The van der Waals surface area contributed by atoms with Crippen LogP contribution in [0.5, 0.6) is 0 Å². The highest BCUT2D eigenvalue weighted by Crippen LogP contribution is 2.31. The van der Waals surface area contributed by atoms with Gasteiger partial charge in [-0.15, -0.1) is 0 Å². The summed E-state index contributed by atoms with van der Waals surface area (Å²) in [5, 5.41) is 6.07. The van der Waals surface area contributed by atoms with E-state index in [1.54, 1.807) is 0 Å². The molecule has 2 aromatic rings. The molecule has 0 radical (unpaired) electrons.